The lowest BCUT2D eigenvalue weighted by atomic mass is 9.85. The highest BCUT2D eigenvalue weighted by Crippen LogP contribution is 2.37. The summed E-state index contributed by atoms with van der Waals surface area (Å²) < 4.78 is 4.50. The number of carbonyl (C=O) groups is 2. The van der Waals surface area contributed by atoms with Crippen molar-refractivity contribution in [2.24, 2.45) is 0 Å². The number of fused-ring (bicyclic) bond motifs is 1. The fourth-order valence-electron chi connectivity index (χ4n) is 2.15. The number of benzene rings is 1. The number of amides is 2. The zero-order valence-corrected chi connectivity index (χ0v) is 11.4. The number of anilines is 1. The molecule has 0 saturated carbocycles. The molecule has 0 aliphatic carbocycles. The number of ether oxygens (including phenoxy) is 1. The third-order valence-corrected chi connectivity index (χ3v) is 3.44. The van der Waals surface area contributed by atoms with Gasteiger partial charge in [-0.3, -0.25) is 4.79 Å². The van der Waals surface area contributed by atoms with Crippen LogP contribution in [0.2, 0.25) is 0 Å². The molecule has 0 aromatic heterocycles. The lowest BCUT2D eigenvalue weighted by Gasteiger charge is -2.15. The Balaban J connectivity index is 2.08. The van der Waals surface area contributed by atoms with Crippen molar-refractivity contribution in [3.8, 4) is 0 Å². The Morgan fingerprint density at radius 1 is 1.42 bits per heavy atom. The average molecular weight is 262 g/mol. The van der Waals surface area contributed by atoms with Gasteiger partial charge in [-0.1, -0.05) is 12.1 Å². The van der Waals surface area contributed by atoms with E-state index in [1.54, 1.807) is 0 Å². The number of hydrogen-bond acceptors (Lipinski definition) is 3. The van der Waals surface area contributed by atoms with Crippen LogP contribution in [0, 0.1) is 0 Å². The SMILES string of the molecule is COC(=O)NCCc1ccc2c(c1)C(C)(C)C(=O)N2. The molecule has 1 aromatic rings. The molecule has 0 spiro atoms. The standard InChI is InChI=1S/C14H18N2O3/c1-14(2)10-8-9(6-7-15-13(18)19-3)4-5-11(10)16-12(14)17/h4-5,8H,6-7H2,1-3H3,(H,15,18)(H,16,17). The van der Waals surface area contributed by atoms with E-state index in [1.807, 2.05) is 32.0 Å². The number of nitrogens with one attached hydrogen (secondary N) is 2. The van der Waals surface area contributed by atoms with Gasteiger partial charge in [0.15, 0.2) is 0 Å². The highest BCUT2D eigenvalue weighted by molar-refractivity contribution is 6.05. The van der Waals surface area contributed by atoms with Gasteiger partial charge in [-0.15, -0.1) is 0 Å². The van der Waals surface area contributed by atoms with Crippen LogP contribution in [-0.2, 0) is 21.4 Å². The summed E-state index contributed by atoms with van der Waals surface area (Å²) in [6, 6.07) is 5.89. The molecule has 1 aromatic carbocycles. The molecule has 19 heavy (non-hydrogen) atoms. The minimum atomic E-state index is -0.499. The molecule has 0 bridgehead atoms. The molecule has 0 radical (unpaired) electrons. The van der Waals surface area contributed by atoms with Gasteiger partial charge in [0.1, 0.15) is 0 Å². The van der Waals surface area contributed by atoms with Gasteiger partial charge in [-0.25, -0.2) is 4.79 Å². The summed E-state index contributed by atoms with van der Waals surface area (Å²) >= 11 is 0. The van der Waals surface area contributed by atoms with E-state index >= 15 is 0 Å². The monoisotopic (exact) mass is 262 g/mol. The number of rotatable bonds is 3. The quantitative estimate of drug-likeness (QED) is 0.873. The summed E-state index contributed by atoms with van der Waals surface area (Å²) in [4.78, 5) is 22.8. The lowest BCUT2D eigenvalue weighted by Crippen LogP contribution is -2.27. The van der Waals surface area contributed by atoms with Crippen molar-refractivity contribution in [1.29, 1.82) is 0 Å². The van der Waals surface area contributed by atoms with E-state index in [0.717, 1.165) is 16.8 Å². The molecular weight excluding hydrogens is 244 g/mol. The minimum absolute atomic E-state index is 0.0207. The smallest absolute Gasteiger partial charge is 0.406 e. The van der Waals surface area contributed by atoms with Crippen LogP contribution in [-0.4, -0.2) is 25.7 Å². The van der Waals surface area contributed by atoms with Crippen LogP contribution in [0.25, 0.3) is 0 Å². The van der Waals surface area contributed by atoms with Gasteiger partial charge in [0.25, 0.3) is 0 Å². The molecule has 1 heterocycles. The third kappa shape index (κ3) is 2.54. The zero-order valence-electron chi connectivity index (χ0n) is 11.4. The summed E-state index contributed by atoms with van der Waals surface area (Å²) in [6.07, 6.45) is 0.269. The predicted molar refractivity (Wildman–Crippen MR) is 72.2 cm³/mol. The Morgan fingerprint density at radius 2 is 2.16 bits per heavy atom. The van der Waals surface area contributed by atoms with Crippen LogP contribution in [0.3, 0.4) is 0 Å². The Bertz CT molecular complexity index is 523. The molecule has 5 heteroatoms. The number of alkyl carbamates (subject to hydrolysis) is 1. The second-order valence-corrected chi connectivity index (χ2v) is 5.13. The fourth-order valence-corrected chi connectivity index (χ4v) is 2.15. The van der Waals surface area contributed by atoms with Gasteiger partial charge in [-0.05, 0) is 37.5 Å². The van der Waals surface area contributed by atoms with Gasteiger partial charge in [0, 0.05) is 12.2 Å². The van der Waals surface area contributed by atoms with E-state index < -0.39 is 11.5 Å². The van der Waals surface area contributed by atoms with Crippen molar-refractivity contribution in [3.05, 3.63) is 29.3 Å². The van der Waals surface area contributed by atoms with E-state index in [2.05, 4.69) is 15.4 Å². The van der Waals surface area contributed by atoms with Crippen molar-refractivity contribution in [2.45, 2.75) is 25.7 Å². The van der Waals surface area contributed by atoms with Gasteiger partial charge in [0.2, 0.25) is 5.91 Å². The summed E-state index contributed by atoms with van der Waals surface area (Å²) in [6.45, 7) is 4.32. The molecule has 0 unspecified atom stereocenters. The Kier molecular flexibility index (Phi) is 3.46. The summed E-state index contributed by atoms with van der Waals surface area (Å²) in [5.74, 6) is 0.0207. The highest BCUT2D eigenvalue weighted by atomic mass is 16.5. The van der Waals surface area contributed by atoms with Crippen LogP contribution in [0.1, 0.15) is 25.0 Å². The maximum Gasteiger partial charge on any atom is 0.406 e. The van der Waals surface area contributed by atoms with Crippen LogP contribution in [0.5, 0.6) is 0 Å². The Morgan fingerprint density at radius 3 is 2.84 bits per heavy atom. The van der Waals surface area contributed by atoms with E-state index in [1.165, 1.54) is 7.11 Å². The Hall–Kier alpha value is -2.04. The molecule has 0 atom stereocenters. The molecular formula is C14H18N2O3. The zero-order chi connectivity index (χ0) is 14.0. The van der Waals surface area contributed by atoms with Crippen molar-refractivity contribution in [1.82, 2.24) is 5.32 Å². The molecule has 2 amide bonds. The van der Waals surface area contributed by atoms with Crippen LogP contribution >= 0.6 is 0 Å². The predicted octanol–water partition coefficient (Wildman–Crippen LogP) is 1.81. The van der Waals surface area contributed by atoms with Gasteiger partial charge in [0.05, 0.1) is 12.5 Å². The summed E-state index contributed by atoms with van der Waals surface area (Å²) in [5, 5.41) is 5.50. The first-order chi connectivity index (χ1) is 8.95. The second-order valence-electron chi connectivity index (χ2n) is 5.13. The maximum absolute atomic E-state index is 11.8. The van der Waals surface area contributed by atoms with Crippen molar-refractivity contribution in [3.63, 3.8) is 0 Å². The second kappa shape index (κ2) is 4.91. The number of carbonyl (C=O) groups excluding carboxylic acids is 2. The van der Waals surface area contributed by atoms with Crippen molar-refractivity contribution >= 4 is 17.7 Å². The topological polar surface area (TPSA) is 67.4 Å². The minimum Gasteiger partial charge on any atom is -0.453 e. The van der Waals surface area contributed by atoms with Crippen LogP contribution in [0.4, 0.5) is 10.5 Å². The highest BCUT2D eigenvalue weighted by Gasteiger charge is 2.38. The summed E-state index contributed by atoms with van der Waals surface area (Å²) in [5.41, 5.74) is 2.47. The molecule has 102 valence electrons. The van der Waals surface area contributed by atoms with E-state index in [4.69, 9.17) is 0 Å². The Labute approximate surface area is 112 Å². The molecule has 2 rings (SSSR count). The van der Waals surface area contributed by atoms with Crippen LogP contribution in [0.15, 0.2) is 18.2 Å². The molecule has 0 saturated heterocycles. The van der Waals surface area contributed by atoms with Crippen molar-refractivity contribution < 1.29 is 14.3 Å². The molecule has 0 fully saturated rings. The fraction of sp³-hybridized carbons (Fsp3) is 0.429. The summed E-state index contributed by atoms with van der Waals surface area (Å²) in [7, 11) is 1.34. The normalized spacial score (nSPS) is 15.6. The first kappa shape index (κ1) is 13.4. The third-order valence-electron chi connectivity index (χ3n) is 3.44. The average Bonchev–Trinajstić information content (AvgIpc) is 2.60. The first-order valence-electron chi connectivity index (χ1n) is 6.22. The first-order valence-corrected chi connectivity index (χ1v) is 6.22. The van der Waals surface area contributed by atoms with E-state index in [0.29, 0.717) is 13.0 Å². The number of hydrogen-bond donors (Lipinski definition) is 2. The van der Waals surface area contributed by atoms with Crippen molar-refractivity contribution in [2.75, 3.05) is 19.0 Å². The lowest BCUT2D eigenvalue weighted by molar-refractivity contribution is -0.119. The molecule has 5 nitrogen and oxygen atoms in total. The van der Waals surface area contributed by atoms with Crippen LogP contribution < -0.4 is 10.6 Å². The van der Waals surface area contributed by atoms with E-state index in [-0.39, 0.29) is 5.91 Å². The number of methoxy groups -OCH3 is 1. The molecule has 2 N–H and O–H groups in total. The maximum atomic E-state index is 11.8. The largest absolute Gasteiger partial charge is 0.453 e. The van der Waals surface area contributed by atoms with Gasteiger partial charge in [-0.2, -0.15) is 0 Å². The van der Waals surface area contributed by atoms with E-state index in [9.17, 15) is 9.59 Å². The molecule has 1 aliphatic heterocycles. The van der Waals surface area contributed by atoms with Gasteiger partial charge < -0.3 is 15.4 Å². The molecule has 1 aliphatic rings. The van der Waals surface area contributed by atoms with Gasteiger partial charge >= 0.3 is 6.09 Å².